The van der Waals surface area contributed by atoms with E-state index < -0.39 is 168 Å². The molecule has 23 atom stereocenters. The van der Waals surface area contributed by atoms with Gasteiger partial charge in [-0.05, 0) is 6.92 Å². The quantitative estimate of drug-likeness (QED) is 0.0985. The van der Waals surface area contributed by atoms with Crippen LogP contribution in [0.3, 0.4) is 0 Å². The fraction of sp³-hybridized carbons (Fsp3) is 1.00. The third-order valence-corrected chi connectivity index (χ3v) is 9.48. The minimum absolute atomic E-state index is 0.509. The van der Waals surface area contributed by atoms with E-state index in [-0.39, 0.29) is 0 Å². The Morgan fingerprint density at radius 2 is 1.00 bits per heavy atom. The zero-order chi connectivity index (χ0) is 37.5. The molecular formula is C28H48O23. The van der Waals surface area contributed by atoms with Gasteiger partial charge < -0.3 is 114 Å². The number of hydrogen-bond donors (Lipinski definition) is 14. The van der Waals surface area contributed by atoms with Gasteiger partial charge in [-0.1, -0.05) is 0 Å². The highest BCUT2D eigenvalue weighted by molar-refractivity contribution is 4.96. The van der Waals surface area contributed by atoms with Crippen LogP contribution in [0.4, 0.5) is 0 Å². The lowest BCUT2D eigenvalue weighted by atomic mass is 9.97. The van der Waals surface area contributed by atoms with Gasteiger partial charge in [-0.2, -0.15) is 0 Å². The summed E-state index contributed by atoms with van der Waals surface area (Å²) < 4.78 is 49.7. The summed E-state index contributed by atoms with van der Waals surface area (Å²) in [6.45, 7) is -1.28. The standard InChI is InChI=1S/C28H48O23/c1-6-11(32)16(37)20(41)27(46-6)50-22-17(38)14(35)10(47-24(22)42)5-45-28-23(51-26-19(40)13(34)8(31)4-44-26)21(15(36)9(2-29)48-28)49-25-18(39)12(33)7(30)3-43-25/h6-42H,2-5H2,1H3/t6-,7+,8-,9+,10+,11-,12-,13-,14-,15+,16+,17-,18+,19+,20+,21-,22+,23+,24+,25-,26-,27-,28+/m0/s1. The molecule has 5 aliphatic heterocycles. The van der Waals surface area contributed by atoms with Gasteiger partial charge in [-0.15, -0.1) is 0 Å². The molecule has 5 saturated heterocycles. The molecular weight excluding hydrogens is 704 g/mol. The second kappa shape index (κ2) is 17.3. The molecule has 0 unspecified atom stereocenters. The molecule has 0 aromatic rings. The second-order valence-electron chi connectivity index (χ2n) is 13.1. The monoisotopic (exact) mass is 752 g/mol. The average Bonchev–Trinajstić information content (AvgIpc) is 3.10. The first kappa shape index (κ1) is 41.2. The molecule has 5 fully saturated rings. The molecule has 0 aromatic carbocycles. The first-order valence-corrected chi connectivity index (χ1v) is 16.3. The zero-order valence-electron chi connectivity index (χ0n) is 27.0. The topological polar surface area (TPSA) is 366 Å². The van der Waals surface area contributed by atoms with Gasteiger partial charge in [0, 0.05) is 0 Å². The molecule has 5 rings (SSSR count). The molecule has 0 saturated carbocycles. The Balaban J connectivity index is 1.32. The maximum absolute atomic E-state index is 11.1. The van der Waals surface area contributed by atoms with Crippen LogP contribution in [0.1, 0.15) is 6.92 Å². The van der Waals surface area contributed by atoms with E-state index >= 15 is 0 Å². The molecule has 0 aliphatic carbocycles. The molecule has 0 spiro atoms. The fourth-order valence-electron chi connectivity index (χ4n) is 6.26. The Bertz CT molecular complexity index is 1090. The van der Waals surface area contributed by atoms with Crippen LogP contribution in [0.5, 0.6) is 0 Å². The Hall–Kier alpha value is -0.920. The van der Waals surface area contributed by atoms with Crippen LogP contribution < -0.4 is 0 Å². The highest BCUT2D eigenvalue weighted by atomic mass is 16.8. The number of aliphatic hydroxyl groups is 14. The summed E-state index contributed by atoms with van der Waals surface area (Å²) in [6.07, 6.45) is -39.2. The van der Waals surface area contributed by atoms with Gasteiger partial charge in [0.2, 0.25) is 0 Å². The molecule has 14 N–H and O–H groups in total. The van der Waals surface area contributed by atoms with Crippen molar-refractivity contribution in [2.45, 2.75) is 148 Å². The van der Waals surface area contributed by atoms with E-state index in [4.69, 9.17) is 42.6 Å². The van der Waals surface area contributed by atoms with Crippen molar-refractivity contribution in [3.05, 3.63) is 0 Å². The van der Waals surface area contributed by atoms with Crippen molar-refractivity contribution in [1.29, 1.82) is 0 Å². The summed E-state index contributed by atoms with van der Waals surface area (Å²) in [5.41, 5.74) is 0. The Kier molecular flexibility index (Phi) is 14.0. The predicted molar refractivity (Wildman–Crippen MR) is 153 cm³/mol. The molecule has 23 heteroatoms. The molecule has 23 nitrogen and oxygen atoms in total. The highest BCUT2D eigenvalue weighted by Crippen LogP contribution is 2.34. The minimum Gasteiger partial charge on any atom is -0.394 e. The lowest BCUT2D eigenvalue weighted by Crippen LogP contribution is -2.66. The van der Waals surface area contributed by atoms with Crippen molar-refractivity contribution >= 4 is 0 Å². The summed E-state index contributed by atoms with van der Waals surface area (Å²) in [5, 5.41) is 145. The summed E-state index contributed by atoms with van der Waals surface area (Å²) >= 11 is 0. The van der Waals surface area contributed by atoms with Crippen molar-refractivity contribution in [3.8, 4) is 0 Å². The minimum atomic E-state index is -2.01. The maximum Gasteiger partial charge on any atom is 0.187 e. The summed E-state index contributed by atoms with van der Waals surface area (Å²) in [5.74, 6) is 0. The second-order valence-corrected chi connectivity index (χ2v) is 13.1. The predicted octanol–water partition coefficient (Wildman–Crippen LogP) is -9.62. The highest BCUT2D eigenvalue weighted by Gasteiger charge is 2.54. The van der Waals surface area contributed by atoms with E-state index in [1.807, 2.05) is 0 Å². The molecule has 0 aromatic heterocycles. The van der Waals surface area contributed by atoms with Crippen LogP contribution in [-0.2, 0) is 42.6 Å². The van der Waals surface area contributed by atoms with E-state index in [1.54, 1.807) is 0 Å². The van der Waals surface area contributed by atoms with Gasteiger partial charge in [0.15, 0.2) is 31.5 Å². The molecule has 0 radical (unpaired) electrons. The van der Waals surface area contributed by atoms with Gasteiger partial charge in [0.25, 0.3) is 0 Å². The van der Waals surface area contributed by atoms with E-state index in [1.165, 1.54) is 6.92 Å². The summed E-state index contributed by atoms with van der Waals surface area (Å²) in [7, 11) is 0. The Morgan fingerprint density at radius 1 is 0.471 bits per heavy atom. The molecule has 298 valence electrons. The number of aliphatic hydroxyl groups excluding tert-OH is 14. The summed E-state index contributed by atoms with van der Waals surface area (Å²) in [4.78, 5) is 0. The molecule has 5 aliphatic rings. The van der Waals surface area contributed by atoms with Crippen molar-refractivity contribution in [2.24, 2.45) is 0 Å². The normalized spacial score (nSPS) is 54.3. The van der Waals surface area contributed by atoms with Crippen molar-refractivity contribution < 1.29 is 114 Å². The van der Waals surface area contributed by atoms with Crippen molar-refractivity contribution in [2.75, 3.05) is 26.4 Å². The van der Waals surface area contributed by atoms with Gasteiger partial charge in [-0.25, -0.2) is 0 Å². The van der Waals surface area contributed by atoms with Crippen LogP contribution in [0.25, 0.3) is 0 Å². The van der Waals surface area contributed by atoms with Crippen LogP contribution >= 0.6 is 0 Å². The first-order chi connectivity index (χ1) is 24.0. The fourth-order valence-corrected chi connectivity index (χ4v) is 6.26. The zero-order valence-corrected chi connectivity index (χ0v) is 27.0. The average molecular weight is 753 g/mol. The van der Waals surface area contributed by atoms with E-state index in [0.717, 1.165) is 0 Å². The summed E-state index contributed by atoms with van der Waals surface area (Å²) in [6, 6.07) is 0. The van der Waals surface area contributed by atoms with E-state index in [0.29, 0.717) is 0 Å². The largest absolute Gasteiger partial charge is 0.394 e. The molecule has 0 amide bonds. The van der Waals surface area contributed by atoms with Crippen molar-refractivity contribution in [3.63, 3.8) is 0 Å². The molecule has 51 heavy (non-hydrogen) atoms. The van der Waals surface area contributed by atoms with E-state index in [2.05, 4.69) is 0 Å². The Morgan fingerprint density at radius 3 is 1.57 bits per heavy atom. The van der Waals surface area contributed by atoms with E-state index in [9.17, 15) is 71.5 Å². The van der Waals surface area contributed by atoms with Gasteiger partial charge in [0.05, 0.1) is 32.5 Å². The third-order valence-electron chi connectivity index (χ3n) is 9.48. The van der Waals surface area contributed by atoms with Crippen LogP contribution in [0.15, 0.2) is 0 Å². The van der Waals surface area contributed by atoms with Crippen LogP contribution in [-0.4, -0.2) is 239 Å². The van der Waals surface area contributed by atoms with Gasteiger partial charge in [0.1, 0.15) is 104 Å². The lowest BCUT2D eigenvalue weighted by molar-refractivity contribution is -0.388. The van der Waals surface area contributed by atoms with Gasteiger partial charge >= 0.3 is 0 Å². The number of hydrogen-bond acceptors (Lipinski definition) is 23. The molecule has 5 heterocycles. The lowest BCUT2D eigenvalue weighted by Gasteiger charge is -2.48. The number of ether oxygens (including phenoxy) is 9. The Labute approximate surface area is 289 Å². The van der Waals surface area contributed by atoms with Crippen LogP contribution in [0.2, 0.25) is 0 Å². The van der Waals surface area contributed by atoms with Crippen molar-refractivity contribution in [1.82, 2.24) is 0 Å². The SMILES string of the molecule is C[C@@H]1O[C@@H](O[C@@H]2[C@@H](O)[C@@H](O)[C@@H](CO[C@@H]3O[C@H](CO)[C@@H](O)[C@H](O[C@@H]4OC[C@@H](O)[C@H](O)[C@H]4O)[C@H]3O[C@@H]3OC[C@H](O)[C@H](O)[C@H]3O)O[C@H]2O)[C@H](O)[C@H](O)[C@H]1O. The van der Waals surface area contributed by atoms with Gasteiger partial charge in [-0.3, -0.25) is 0 Å². The molecule has 0 bridgehead atoms. The third kappa shape index (κ3) is 8.66. The number of rotatable bonds is 10. The smallest absolute Gasteiger partial charge is 0.187 e. The first-order valence-electron chi connectivity index (χ1n) is 16.3. The van der Waals surface area contributed by atoms with Crippen LogP contribution in [0, 0.1) is 0 Å². The maximum atomic E-state index is 11.1.